The van der Waals surface area contributed by atoms with Gasteiger partial charge >= 0.3 is 12.1 Å². The first-order valence-corrected chi connectivity index (χ1v) is 10.4. The van der Waals surface area contributed by atoms with Crippen molar-refractivity contribution in [2.24, 2.45) is 23.7 Å². The Morgan fingerprint density at radius 1 is 1.31 bits per heavy atom. The minimum atomic E-state index is -4.14. The van der Waals surface area contributed by atoms with Crippen LogP contribution < -0.4 is 4.74 Å². The number of alkyl halides is 3. The standard InChI is InChI=1S/C23H29F3O3/c1-14(8-16-10-19(11-16)22(27)28)21-13-17-4-5-20(12-18(17)9-15(21)2)29-7-3-6-23(24,25)26/h4-5,12-16,19H,3,6-11H2,1-2H3,(H,27,28)/t14?,15-,16?,19?/m0/s1. The highest BCUT2D eigenvalue weighted by molar-refractivity contribution is 5.71. The number of benzene rings is 1. The normalized spacial score (nSPS) is 24.9. The summed E-state index contributed by atoms with van der Waals surface area (Å²) in [5.74, 6) is 1.07. The summed E-state index contributed by atoms with van der Waals surface area (Å²) < 4.78 is 42.2. The van der Waals surface area contributed by atoms with Crippen molar-refractivity contribution in [1.29, 1.82) is 0 Å². The van der Waals surface area contributed by atoms with E-state index < -0.39 is 18.6 Å². The van der Waals surface area contributed by atoms with E-state index in [0.29, 0.717) is 23.5 Å². The second kappa shape index (κ2) is 8.80. The van der Waals surface area contributed by atoms with Crippen LogP contribution in [0.25, 0.3) is 6.08 Å². The highest BCUT2D eigenvalue weighted by Gasteiger charge is 2.36. The molecule has 1 aromatic carbocycles. The first-order valence-electron chi connectivity index (χ1n) is 10.4. The van der Waals surface area contributed by atoms with Crippen molar-refractivity contribution >= 4 is 12.0 Å². The molecule has 1 aromatic rings. The Bertz CT molecular complexity index is 763. The van der Waals surface area contributed by atoms with Gasteiger partial charge in [-0.2, -0.15) is 13.2 Å². The van der Waals surface area contributed by atoms with Gasteiger partial charge in [-0.1, -0.05) is 31.6 Å². The smallest absolute Gasteiger partial charge is 0.389 e. The zero-order chi connectivity index (χ0) is 21.2. The van der Waals surface area contributed by atoms with Crippen LogP contribution in [-0.4, -0.2) is 23.9 Å². The summed E-state index contributed by atoms with van der Waals surface area (Å²) in [4.78, 5) is 11.0. The van der Waals surface area contributed by atoms with Crippen molar-refractivity contribution < 1.29 is 27.8 Å². The van der Waals surface area contributed by atoms with Crippen molar-refractivity contribution in [3.63, 3.8) is 0 Å². The van der Waals surface area contributed by atoms with Gasteiger partial charge in [0.2, 0.25) is 0 Å². The molecule has 2 atom stereocenters. The topological polar surface area (TPSA) is 46.5 Å². The molecule has 29 heavy (non-hydrogen) atoms. The summed E-state index contributed by atoms with van der Waals surface area (Å²) in [7, 11) is 0. The van der Waals surface area contributed by atoms with E-state index in [1.165, 1.54) is 5.57 Å². The minimum absolute atomic E-state index is 0.0392. The molecule has 1 unspecified atom stereocenters. The van der Waals surface area contributed by atoms with Gasteiger partial charge in [0.05, 0.1) is 12.5 Å². The van der Waals surface area contributed by atoms with Crippen LogP contribution in [0.3, 0.4) is 0 Å². The molecule has 0 bridgehead atoms. The summed E-state index contributed by atoms with van der Waals surface area (Å²) in [6.07, 6.45) is 0.703. The fourth-order valence-electron chi connectivity index (χ4n) is 4.62. The molecule has 1 fully saturated rings. The number of halogens is 3. The first-order chi connectivity index (χ1) is 13.6. The Morgan fingerprint density at radius 3 is 2.69 bits per heavy atom. The van der Waals surface area contributed by atoms with E-state index in [4.69, 9.17) is 9.84 Å². The number of carboxylic acid groups (broad SMARTS) is 1. The second-order valence-electron chi connectivity index (χ2n) is 8.69. The molecule has 0 amide bonds. The predicted octanol–water partition coefficient (Wildman–Crippen LogP) is 6.12. The molecule has 1 saturated carbocycles. The number of carbonyl (C=O) groups is 1. The SMILES string of the molecule is CC(CC1CC(C(=O)O)C1)C1=Cc2ccc(OCCCC(F)(F)F)cc2C[C@@H]1C. The van der Waals surface area contributed by atoms with Crippen molar-refractivity contribution in [2.45, 2.75) is 58.5 Å². The molecule has 2 aliphatic carbocycles. The molecule has 0 spiro atoms. The van der Waals surface area contributed by atoms with Crippen molar-refractivity contribution in [1.82, 2.24) is 0 Å². The quantitative estimate of drug-likeness (QED) is 0.525. The molecule has 3 nitrogen and oxygen atoms in total. The molecule has 6 heteroatoms. The van der Waals surface area contributed by atoms with Crippen LogP contribution in [0, 0.1) is 23.7 Å². The Hall–Kier alpha value is -1.98. The zero-order valence-corrected chi connectivity index (χ0v) is 17.0. The third-order valence-electron chi connectivity index (χ3n) is 6.25. The number of allylic oxidation sites excluding steroid dienone is 1. The number of ether oxygens (including phenoxy) is 1. The minimum Gasteiger partial charge on any atom is -0.494 e. The summed E-state index contributed by atoms with van der Waals surface area (Å²) in [6.45, 7) is 4.48. The highest BCUT2D eigenvalue weighted by Crippen LogP contribution is 2.42. The van der Waals surface area contributed by atoms with E-state index in [2.05, 4.69) is 19.9 Å². The van der Waals surface area contributed by atoms with Gasteiger partial charge in [0.15, 0.2) is 0 Å². The van der Waals surface area contributed by atoms with E-state index >= 15 is 0 Å². The van der Waals surface area contributed by atoms with Gasteiger partial charge < -0.3 is 9.84 Å². The van der Waals surface area contributed by atoms with E-state index in [0.717, 1.165) is 36.8 Å². The summed E-state index contributed by atoms with van der Waals surface area (Å²) in [5, 5.41) is 9.04. The largest absolute Gasteiger partial charge is 0.494 e. The van der Waals surface area contributed by atoms with Gasteiger partial charge in [-0.25, -0.2) is 0 Å². The number of hydrogen-bond donors (Lipinski definition) is 1. The Balaban J connectivity index is 1.57. The first kappa shape index (κ1) is 21.7. The number of hydrogen-bond acceptors (Lipinski definition) is 2. The third-order valence-corrected chi connectivity index (χ3v) is 6.25. The summed E-state index contributed by atoms with van der Waals surface area (Å²) >= 11 is 0. The number of fused-ring (bicyclic) bond motifs is 1. The van der Waals surface area contributed by atoms with E-state index in [9.17, 15) is 18.0 Å². The zero-order valence-electron chi connectivity index (χ0n) is 17.0. The van der Waals surface area contributed by atoms with Crippen molar-refractivity contribution in [3.05, 3.63) is 34.9 Å². The van der Waals surface area contributed by atoms with Gasteiger partial charge in [0.1, 0.15) is 5.75 Å². The molecular formula is C23H29F3O3. The summed E-state index contributed by atoms with van der Waals surface area (Å²) in [6, 6.07) is 5.75. The Kier molecular flexibility index (Phi) is 6.59. The molecule has 3 rings (SSSR count). The lowest BCUT2D eigenvalue weighted by Gasteiger charge is -2.36. The van der Waals surface area contributed by atoms with Crippen LogP contribution >= 0.6 is 0 Å². The molecule has 0 heterocycles. The molecule has 160 valence electrons. The maximum atomic E-state index is 12.2. The number of aliphatic carboxylic acids is 1. The molecule has 1 N–H and O–H groups in total. The monoisotopic (exact) mass is 410 g/mol. The van der Waals surface area contributed by atoms with Crippen molar-refractivity contribution in [2.75, 3.05) is 6.61 Å². The second-order valence-corrected chi connectivity index (χ2v) is 8.69. The predicted molar refractivity (Wildman–Crippen MR) is 106 cm³/mol. The van der Waals surface area contributed by atoms with Gasteiger partial charge in [-0.3, -0.25) is 4.79 Å². The van der Waals surface area contributed by atoms with Crippen LogP contribution in [0.2, 0.25) is 0 Å². The molecule has 0 saturated heterocycles. The third kappa shape index (κ3) is 5.77. The van der Waals surface area contributed by atoms with Crippen molar-refractivity contribution in [3.8, 4) is 5.75 Å². The summed E-state index contributed by atoms with van der Waals surface area (Å²) in [5.41, 5.74) is 3.70. The fraction of sp³-hybridized carbons (Fsp3) is 0.609. The molecule has 0 radical (unpaired) electrons. The fourth-order valence-corrected chi connectivity index (χ4v) is 4.62. The Labute approximate surface area is 170 Å². The lowest BCUT2D eigenvalue weighted by atomic mass is 9.68. The number of rotatable bonds is 8. The van der Waals surface area contributed by atoms with Crippen LogP contribution in [0.5, 0.6) is 5.75 Å². The maximum Gasteiger partial charge on any atom is 0.389 e. The highest BCUT2D eigenvalue weighted by atomic mass is 19.4. The van der Waals surface area contributed by atoms with Gasteiger partial charge in [-0.05, 0) is 73.1 Å². The van der Waals surface area contributed by atoms with E-state index in [1.54, 1.807) is 0 Å². The van der Waals surface area contributed by atoms with Crippen LogP contribution in [0.15, 0.2) is 23.8 Å². The molecule has 0 aromatic heterocycles. The van der Waals surface area contributed by atoms with E-state index in [1.807, 2.05) is 18.2 Å². The Morgan fingerprint density at radius 2 is 2.03 bits per heavy atom. The van der Waals surface area contributed by atoms with Crippen LogP contribution in [0.1, 0.15) is 57.1 Å². The lowest BCUT2D eigenvalue weighted by molar-refractivity contribution is -0.146. The average molecular weight is 410 g/mol. The maximum absolute atomic E-state index is 12.2. The molecule has 2 aliphatic rings. The average Bonchev–Trinajstić information content (AvgIpc) is 2.59. The van der Waals surface area contributed by atoms with E-state index in [-0.39, 0.29) is 18.9 Å². The van der Waals surface area contributed by atoms with Gasteiger partial charge in [0, 0.05) is 6.42 Å². The number of carboxylic acids is 1. The van der Waals surface area contributed by atoms with Crippen LogP contribution in [-0.2, 0) is 11.2 Å². The van der Waals surface area contributed by atoms with Gasteiger partial charge in [0.25, 0.3) is 0 Å². The molecular weight excluding hydrogens is 381 g/mol. The molecule has 0 aliphatic heterocycles. The van der Waals surface area contributed by atoms with Crippen LogP contribution in [0.4, 0.5) is 13.2 Å². The lowest BCUT2D eigenvalue weighted by Crippen LogP contribution is -2.32. The van der Waals surface area contributed by atoms with Gasteiger partial charge in [-0.15, -0.1) is 0 Å².